The number of hydrogen-bond donors (Lipinski definition) is 1. The third-order valence-corrected chi connectivity index (χ3v) is 9.85. The standard InChI is InChI=1S/C24H36N2O4S/c27-31(28,20-5-3-6-20)25-22-8-4-14-26-15-16-29-24-9-2-1-7-21(24)18-10-12-19(13-11-18)30-17-23(22)26/h1-2,7,9,18-20,22-23,25H,3-6,8,10-17H2/t18?,19?,22-,23?/m0/s1. The van der Waals surface area contributed by atoms with Crippen LogP contribution in [0.25, 0.3) is 0 Å². The second-order valence-electron chi connectivity index (χ2n) is 9.76. The van der Waals surface area contributed by atoms with Gasteiger partial charge < -0.3 is 9.47 Å². The molecule has 3 fully saturated rings. The van der Waals surface area contributed by atoms with E-state index in [1.807, 2.05) is 0 Å². The molecule has 1 aromatic rings. The molecule has 172 valence electrons. The van der Waals surface area contributed by atoms with E-state index in [2.05, 4.69) is 33.9 Å². The zero-order valence-electron chi connectivity index (χ0n) is 18.4. The molecule has 6 nitrogen and oxygen atoms in total. The van der Waals surface area contributed by atoms with E-state index in [-0.39, 0.29) is 23.4 Å². The number of piperidine rings is 1. The Labute approximate surface area is 186 Å². The maximum absolute atomic E-state index is 12.8. The molecule has 2 aliphatic carbocycles. The minimum atomic E-state index is -3.24. The number of ether oxygens (including phenoxy) is 2. The van der Waals surface area contributed by atoms with Crippen LogP contribution in [0.15, 0.2) is 24.3 Å². The molecule has 6 rings (SSSR count). The lowest BCUT2D eigenvalue weighted by molar-refractivity contribution is -0.0284. The lowest BCUT2D eigenvalue weighted by Crippen LogP contribution is -2.59. The lowest BCUT2D eigenvalue weighted by atomic mass is 9.82. The van der Waals surface area contributed by atoms with Crippen LogP contribution >= 0.6 is 0 Å². The summed E-state index contributed by atoms with van der Waals surface area (Å²) < 4.78 is 41.5. The number of fused-ring (bicyclic) bond motifs is 5. The summed E-state index contributed by atoms with van der Waals surface area (Å²) in [5.74, 6) is 1.56. The summed E-state index contributed by atoms with van der Waals surface area (Å²) in [6.07, 6.45) is 9.13. The van der Waals surface area contributed by atoms with Crippen molar-refractivity contribution in [3.05, 3.63) is 29.8 Å². The fourth-order valence-corrected chi connectivity index (χ4v) is 7.59. The third-order valence-electron chi connectivity index (χ3n) is 7.87. The Morgan fingerprint density at radius 1 is 0.935 bits per heavy atom. The van der Waals surface area contributed by atoms with Gasteiger partial charge in [0.05, 0.1) is 18.0 Å². The van der Waals surface area contributed by atoms with E-state index < -0.39 is 10.0 Å². The van der Waals surface area contributed by atoms with E-state index in [0.29, 0.717) is 19.1 Å². The summed E-state index contributed by atoms with van der Waals surface area (Å²) >= 11 is 0. The maximum Gasteiger partial charge on any atom is 0.214 e. The highest BCUT2D eigenvalue weighted by atomic mass is 32.2. The normalized spacial score (nSPS) is 33.0. The fraction of sp³-hybridized carbons (Fsp3) is 0.750. The number of nitrogens with one attached hydrogen (secondary N) is 1. The molecular formula is C24H36N2O4S. The monoisotopic (exact) mass is 448 g/mol. The molecular weight excluding hydrogens is 412 g/mol. The van der Waals surface area contributed by atoms with Crippen LogP contribution in [0.5, 0.6) is 5.75 Å². The van der Waals surface area contributed by atoms with Gasteiger partial charge in [0.2, 0.25) is 10.0 Å². The highest BCUT2D eigenvalue weighted by Gasteiger charge is 2.39. The van der Waals surface area contributed by atoms with Crippen molar-refractivity contribution in [2.24, 2.45) is 0 Å². The molecule has 1 unspecified atom stereocenters. The Kier molecular flexibility index (Phi) is 6.56. The predicted octanol–water partition coefficient (Wildman–Crippen LogP) is 3.43. The van der Waals surface area contributed by atoms with Gasteiger partial charge in [-0.25, -0.2) is 13.1 Å². The molecule has 31 heavy (non-hydrogen) atoms. The van der Waals surface area contributed by atoms with Gasteiger partial charge in [-0.15, -0.1) is 0 Å². The number of sulfonamides is 1. The minimum Gasteiger partial charge on any atom is -0.492 e. The molecule has 7 heteroatoms. The molecule has 1 N–H and O–H groups in total. The highest BCUT2D eigenvalue weighted by molar-refractivity contribution is 7.90. The first-order valence-electron chi connectivity index (χ1n) is 12.2. The molecule has 0 amide bonds. The Hall–Kier alpha value is -1.15. The number of para-hydroxylation sites is 1. The SMILES string of the molecule is O=S(=O)(N[C@H]1CCCN2CCOc3ccccc3C3CCC(CC3)OCC12)C1CCC1. The fourth-order valence-electron chi connectivity index (χ4n) is 5.75. The van der Waals surface area contributed by atoms with Crippen LogP contribution in [0.2, 0.25) is 0 Å². The summed E-state index contributed by atoms with van der Waals surface area (Å²) in [4.78, 5) is 2.39. The summed E-state index contributed by atoms with van der Waals surface area (Å²) in [7, 11) is -3.24. The van der Waals surface area contributed by atoms with Gasteiger partial charge in [-0.3, -0.25) is 4.90 Å². The van der Waals surface area contributed by atoms with E-state index in [4.69, 9.17) is 9.47 Å². The molecule has 3 heterocycles. The number of hydrogen-bond acceptors (Lipinski definition) is 5. The van der Waals surface area contributed by atoms with Gasteiger partial charge in [0.25, 0.3) is 0 Å². The van der Waals surface area contributed by atoms with Gasteiger partial charge in [0.1, 0.15) is 12.4 Å². The first-order chi connectivity index (χ1) is 15.1. The molecule has 3 aliphatic heterocycles. The molecule has 0 aromatic heterocycles. The molecule has 1 saturated heterocycles. The molecule has 5 aliphatic rings. The Balaban J connectivity index is 1.34. The van der Waals surface area contributed by atoms with Gasteiger partial charge in [-0.2, -0.15) is 0 Å². The van der Waals surface area contributed by atoms with Crippen molar-refractivity contribution in [3.8, 4) is 5.75 Å². The van der Waals surface area contributed by atoms with Crippen molar-refractivity contribution >= 4 is 10.0 Å². The first-order valence-corrected chi connectivity index (χ1v) is 13.7. The minimum absolute atomic E-state index is 0.0703. The topological polar surface area (TPSA) is 67.9 Å². The van der Waals surface area contributed by atoms with Gasteiger partial charge >= 0.3 is 0 Å². The largest absolute Gasteiger partial charge is 0.492 e. The summed E-state index contributed by atoms with van der Waals surface area (Å²) in [6, 6.07) is 8.48. The van der Waals surface area contributed by atoms with Crippen molar-refractivity contribution in [1.82, 2.24) is 9.62 Å². The second kappa shape index (κ2) is 9.38. The van der Waals surface area contributed by atoms with E-state index in [1.165, 1.54) is 5.56 Å². The Morgan fingerprint density at radius 3 is 2.52 bits per heavy atom. The van der Waals surface area contributed by atoms with Crippen LogP contribution in [-0.4, -0.2) is 63.1 Å². The highest BCUT2D eigenvalue weighted by Crippen LogP contribution is 2.39. The van der Waals surface area contributed by atoms with Gasteiger partial charge in [-0.05, 0) is 75.5 Å². The second-order valence-corrected chi connectivity index (χ2v) is 11.8. The third kappa shape index (κ3) is 4.80. The number of nitrogens with zero attached hydrogens (tertiary/aromatic N) is 1. The number of rotatable bonds is 3. The van der Waals surface area contributed by atoms with Crippen molar-refractivity contribution < 1.29 is 17.9 Å². The van der Waals surface area contributed by atoms with Crippen molar-refractivity contribution in [1.29, 1.82) is 0 Å². The van der Waals surface area contributed by atoms with E-state index in [9.17, 15) is 8.42 Å². The quantitative estimate of drug-likeness (QED) is 0.767. The lowest BCUT2D eigenvalue weighted by Gasteiger charge is -2.42. The summed E-state index contributed by atoms with van der Waals surface area (Å²) in [5, 5.41) is -0.200. The van der Waals surface area contributed by atoms with E-state index >= 15 is 0 Å². The molecule has 0 radical (unpaired) electrons. The Morgan fingerprint density at radius 2 is 1.74 bits per heavy atom. The molecule has 0 spiro atoms. The smallest absolute Gasteiger partial charge is 0.214 e. The zero-order valence-corrected chi connectivity index (χ0v) is 19.2. The average molecular weight is 449 g/mol. The van der Waals surface area contributed by atoms with Crippen LogP contribution in [0.1, 0.15) is 69.3 Å². The summed E-state index contributed by atoms with van der Waals surface area (Å²) in [6.45, 7) is 2.97. The van der Waals surface area contributed by atoms with Crippen LogP contribution in [0.3, 0.4) is 0 Å². The van der Waals surface area contributed by atoms with Crippen LogP contribution < -0.4 is 9.46 Å². The molecule has 2 atom stereocenters. The Bertz CT molecular complexity index is 849. The van der Waals surface area contributed by atoms with Gasteiger partial charge in [-0.1, -0.05) is 24.6 Å². The molecule has 2 bridgehead atoms. The molecule has 1 aromatic carbocycles. The molecule has 2 saturated carbocycles. The van der Waals surface area contributed by atoms with Gasteiger partial charge in [0, 0.05) is 18.6 Å². The maximum atomic E-state index is 12.8. The van der Waals surface area contributed by atoms with Crippen LogP contribution in [-0.2, 0) is 14.8 Å². The van der Waals surface area contributed by atoms with Crippen molar-refractivity contribution in [2.75, 3.05) is 26.3 Å². The van der Waals surface area contributed by atoms with Crippen LogP contribution in [0, 0.1) is 0 Å². The number of benzene rings is 1. The zero-order chi connectivity index (χ0) is 21.3. The first kappa shape index (κ1) is 21.7. The average Bonchev–Trinajstić information content (AvgIpc) is 2.74. The summed E-state index contributed by atoms with van der Waals surface area (Å²) in [5.41, 5.74) is 1.33. The van der Waals surface area contributed by atoms with Crippen molar-refractivity contribution in [3.63, 3.8) is 0 Å². The van der Waals surface area contributed by atoms with E-state index in [0.717, 1.165) is 76.6 Å². The van der Waals surface area contributed by atoms with E-state index in [1.54, 1.807) is 0 Å². The van der Waals surface area contributed by atoms with Gasteiger partial charge in [0.15, 0.2) is 0 Å². The van der Waals surface area contributed by atoms with Crippen molar-refractivity contribution in [2.45, 2.75) is 87.1 Å². The predicted molar refractivity (Wildman–Crippen MR) is 121 cm³/mol. The van der Waals surface area contributed by atoms with Crippen LogP contribution in [0.4, 0.5) is 0 Å².